The summed E-state index contributed by atoms with van der Waals surface area (Å²) < 4.78 is 14.5. The Hall–Kier alpha value is -2.21. The summed E-state index contributed by atoms with van der Waals surface area (Å²) >= 11 is 3.18. The van der Waals surface area contributed by atoms with Crippen LogP contribution in [0.5, 0.6) is 0 Å². The third-order valence-electron chi connectivity index (χ3n) is 4.04. The van der Waals surface area contributed by atoms with Gasteiger partial charge in [0, 0.05) is 36.2 Å². The van der Waals surface area contributed by atoms with E-state index in [9.17, 15) is 14.0 Å². The molecule has 3 rings (SSSR count). The predicted molar refractivity (Wildman–Crippen MR) is 92.3 cm³/mol. The van der Waals surface area contributed by atoms with Crippen LogP contribution < -0.4 is 0 Å². The van der Waals surface area contributed by atoms with Gasteiger partial charge in [0.1, 0.15) is 5.82 Å². The Morgan fingerprint density at radius 3 is 2.04 bits per heavy atom. The highest BCUT2D eigenvalue weighted by Gasteiger charge is 2.26. The average Bonchev–Trinajstić information content (AvgIpc) is 2.61. The quantitative estimate of drug-likeness (QED) is 0.789. The van der Waals surface area contributed by atoms with Crippen molar-refractivity contribution in [3.63, 3.8) is 0 Å². The second kappa shape index (κ2) is 7.13. The van der Waals surface area contributed by atoms with Crippen LogP contribution >= 0.6 is 15.9 Å². The average molecular weight is 391 g/mol. The van der Waals surface area contributed by atoms with E-state index < -0.39 is 5.82 Å². The lowest BCUT2D eigenvalue weighted by molar-refractivity contribution is 0.0533. The van der Waals surface area contributed by atoms with Gasteiger partial charge in [-0.2, -0.15) is 0 Å². The van der Waals surface area contributed by atoms with Crippen LogP contribution in [-0.2, 0) is 0 Å². The summed E-state index contributed by atoms with van der Waals surface area (Å²) in [4.78, 5) is 28.1. The first kappa shape index (κ1) is 16.6. The van der Waals surface area contributed by atoms with Crippen molar-refractivity contribution in [1.82, 2.24) is 9.80 Å². The van der Waals surface area contributed by atoms with Gasteiger partial charge in [-0.05, 0) is 30.3 Å². The van der Waals surface area contributed by atoms with Crippen molar-refractivity contribution in [2.45, 2.75) is 0 Å². The van der Waals surface area contributed by atoms with Gasteiger partial charge < -0.3 is 9.80 Å². The largest absolute Gasteiger partial charge is 0.335 e. The molecule has 0 spiro atoms. The topological polar surface area (TPSA) is 40.6 Å². The maximum Gasteiger partial charge on any atom is 0.256 e. The molecular formula is C18H16BrFN2O2. The smallest absolute Gasteiger partial charge is 0.256 e. The molecule has 6 heteroatoms. The van der Waals surface area contributed by atoms with Crippen LogP contribution in [0.1, 0.15) is 20.7 Å². The van der Waals surface area contributed by atoms with E-state index in [1.807, 2.05) is 18.2 Å². The van der Waals surface area contributed by atoms with E-state index in [1.54, 1.807) is 28.0 Å². The van der Waals surface area contributed by atoms with Crippen molar-refractivity contribution in [2.75, 3.05) is 26.2 Å². The lowest BCUT2D eigenvalue weighted by atomic mass is 10.1. The summed E-state index contributed by atoms with van der Waals surface area (Å²) in [6, 6.07) is 13.5. The van der Waals surface area contributed by atoms with Crippen LogP contribution in [0.3, 0.4) is 0 Å². The number of benzene rings is 2. The second-order valence-corrected chi connectivity index (χ2v) is 6.49. The normalized spacial score (nSPS) is 14.6. The first-order valence-electron chi connectivity index (χ1n) is 7.65. The lowest BCUT2D eigenvalue weighted by Crippen LogP contribution is -2.50. The number of carbonyl (C=O) groups excluding carboxylic acids is 2. The fourth-order valence-electron chi connectivity index (χ4n) is 2.71. The summed E-state index contributed by atoms with van der Waals surface area (Å²) in [5.74, 6) is -0.929. The van der Waals surface area contributed by atoms with E-state index in [0.717, 1.165) is 0 Å². The Bertz CT molecular complexity index is 759. The van der Waals surface area contributed by atoms with E-state index in [-0.39, 0.29) is 17.4 Å². The van der Waals surface area contributed by atoms with Crippen molar-refractivity contribution < 1.29 is 14.0 Å². The van der Waals surface area contributed by atoms with Gasteiger partial charge in [-0.1, -0.05) is 34.1 Å². The number of hydrogen-bond donors (Lipinski definition) is 0. The maximum atomic E-state index is 13.9. The molecule has 4 nitrogen and oxygen atoms in total. The van der Waals surface area contributed by atoms with Crippen LogP contribution in [0.25, 0.3) is 0 Å². The zero-order chi connectivity index (χ0) is 17.1. The van der Waals surface area contributed by atoms with E-state index >= 15 is 0 Å². The third kappa shape index (κ3) is 3.48. The van der Waals surface area contributed by atoms with E-state index in [0.29, 0.717) is 36.2 Å². The second-order valence-electron chi connectivity index (χ2n) is 5.57. The fourth-order valence-corrected chi connectivity index (χ4v) is 3.04. The summed E-state index contributed by atoms with van der Waals surface area (Å²) in [7, 11) is 0. The molecule has 0 atom stereocenters. The minimum atomic E-state index is -0.544. The molecule has 1 heterocycles. The number of nitrogens with zero attached hydrogens (tertiary/aromatic N) is 2. The molecule has 0 unspecified atom stereocenters. The van der Waals surface area contributed by atoms with Crippen LogP contribution in [0, 0.1) is 5.82 Å². The number of halogens is 2. The molecule has 24 heavy (non-hydrogen) atoms. The van der Waals surface area contributed by atoms with E-state index in [1.165, 1.54) is 12.1 Å². The zero-order valence-corrected chi connectivity index (χ0v) is 14.5. The Balaban J connectivity index is 1.64. The summed E-state index contributed by atoms with van der Waals surface area (Å²) in [6.07, 6.45) is 0. The SMILES string of the molecule is O=C(c1ccccc1)N1CCN(C(=O)c2ccc(Br)cc2F)CC1. The highest BCUT2D eigenvalue weighted by molar-refractivity contribution is 9.10. The molecule has 0 bridgehead atoms. The summed E-state index contributed by atoms with van der Waals surface area (Å²) in [6.45, 7) is 1.68. The first-order chi connectivity index (χ1) is 11.6. The van der Waals surface area contributed by atoms with Crippen molar-refractivity contribution in [2.24, 2.45) is 0 Å². The lowest BCUT2D eigenvalue weighted by Gasteiger charge is -2.35. The number of amides is 2. The fraction of sp³-hybridized carbons (Fsp3) is 0.222. The minimum absolute atomic E-state index is 0.0440. The molecule has 1 saturated heterocycles. The van der Waals surface area contributed by atoms with Gasteiger partial charge in [-0.15, -0.1) is 0 Å². The Morgan fingerprint density at radius 2 is 1.46 bits per heavy atom. The predicted octanol–water partition coefficient (Wildman–Crippen LogP) is 3.19. The molecule has 2 aromatic carbocycles. The van der Waals surface area contributed by atoms with Crippen LogP contribution in [-0.4, -0.2) is 47.8 Å². The number of carbonyl (C=O) groups is 2. The van der Waals surface area contributed by atoms with Crippen LogP contribution in [0.2, 0.25) is 0 Å². The number of piperazine rings is 1. The standard InChI is InChI=1S/C18H16BrFN2O2/c19-14-6-7-15(16(20)12-14)18(24)22-10-8-21(9-11-22)17(23)13-4-2-1-3-5-13/h1-7,12H,8-11H2. The molecule has 2 aromatic rings. The molecule has 2 amide bonds. The van der Waals surface area contributed by atoms with Gasteiger partial charge in [0.05, 0.1) is 5.56 Å². The zero-order valence-electron chi connectivity index (χ0n) is 12.9. The highest BCUT2D eigenvalue weighted by Crippen LogP contribution is 2.18. The van der Waals surface area contributed by atoms with E-state index in [2.05, 4.69) is 15.9 Å². The van der Waals surface area contributed by atoms with Gasteiger partial charge in [-0.3, -0.25) is 9.59 Å². The molecule has 124 valence electrons. The molecule has 0 aliphatic carbocycles. The molecule has 0 radical (unpaired) electrons. The molecule has 0 saturated carbocycles. The monoisotopic (exact) mass is 390 g/mol. The van der Waals surface area contributed by atoms with Gasteiger partial charge in [0.25, 0.3) is 11.8 Å². The van der Waals surface area contributed by atoms with Crippen molar-refractivity contribution in [1.29, 1.82) is 0 Å². The van der Waals surface area contributed by atoms with E-state index in [4.69, 9.17) is 0 Å². The highest BCUT2D eigenvalue weighted by atomic mass is 79.9. The minimum Gasteiger partial charge on any atom is -0.335 e. The first-order valence-corrected chi connectivity index (χ1v) is 8.44. The van der Waals surface area contributed by atoms with Gasteiger partial charge in [0.15, 0.2) is 0 Å². The molecule has 1 aliphatic heterocycles. The van der Waals surface area contributed by atoms with Crippen molar-refractivity contribution in [3.05, 3.63) is 69.9 Å². The molecular weight excluding hydrogens is 375 g/mol. The molecule has 1 fully saturated rings. The van der Waals surface area contributed by atoms with Gasteiger partial charge in [0.2, 0.25) is 0 Å². The third-order valence-corrected chi connectivity index (χ3v) is 4.53. The Morgan fingerprint density at radius 1 is 0.875 bits per heavy atom. The van der Waals surface area contributed by atoms with Crippen LogP contribution in [0.4, 0.5) is 4.39 Å². The maximum absolute atomic E-state index is 13.9. The molecule has 0 N–H and O–H groups in total. The molecule has 1 aliphatic rings. The van der Waals surface area contributed by atoms with Gasteiger partial charge >= 0.3 is 0 Å². The molecule has 0 aromatic heterocycles. The summed E-state index contributed by atoms with van der Waals surface area (Å²) in [5.41, 5.74) is 0.692. The van der Waals surface area contributed by atoms with Gasteiger partial charge in [-0.25, -0.2) is 4.39 Å². The van der Waals surface area contributed by atoms with Crippen molar-refractivity contribution in [3.8, 4) is 0 Å². The Kier molecular flexibility index (Phi) is 4.94. The Labute approximate surface area is 148 Å². The number of rotatable bonds is 2. The van der Waals surface area contributed by atoms with Crippen molar-refractivity contribution >= 4 is 27.7 Å². The van der Waals surface area contributed by atoms with Crippen LogP contribution in [0.15, 0.2) is 53.0 Å². The summed E-state index contributed by atoms with van der Waals surface area (Å²) in [5, 5.41) is 0. The number of hydrogen-bond acceptors (Lipinski definition) is 2.